The van der Waals surface area contributed by atoms with Crippen LogP contribution in [0.25, 0.3) is 0 Å². The van der Waals surface area contributed by atoms with E-state index >= 15 is 0 Å². The van der Waals surface area contributed by atoms with E-state index in [1.165, 1.54) is 0 Å². The molecule has 1 amide bonds. The zero-order chi connectivity index (χ0) is 13.9. The van der Waals surface area contributed by atoms with E-state index in [1.54, 1.807) is 0 Å². The van der Waals surface area contributed by atoms with Crippen LogP contribution >= 0.6 is 0 Å². The Morgan fingerprint density at radius 3 is 2.68 bits per heavy atom. The van der Waals surface area contributed by atoms with Gasteiger partial charge in [0.25, 0.3) is 0 Å². The van der Waals surface area contributed by atoms with Crippen molar-refractivity contribution in [3.63, 3.8) is 0 Å². The molecule has 0 spiro atoms. The monoisotopic (exact) mass is 288 g/mol. The van der Waals surface area contributed by atoms with E-state index in [0.29, 0.717) is 12.5 Å². The molecule has 5 nitrogen and oxygen atoms in total. The number of rotatable bonds is 5. The average molecular weight is 288 g/mol. The molecule has 2 aliphatic rings. The molecule has 2 atom stereocenters. The third kappa shape index (κ3) is 3.92. The van der Waals surface area contributed by atoms with Gasteiger partial charge in [-0.05, 0) is 32.2 Å². The highest BCUT2D eigenvalue weighted by atomic mass is 32.2. The maximum absolute atomic E-state index is 12.4. The van der Waals surface area contributed by atoms with Crippen LogP contribution in [0.15, 0.2) is 0 Å². The second kappa shape index (κ2) is 6.22. The minimum absolute atomic E-state index is 0.0385. The molecule has 2 rings (SSSR count). The first-order valence-corrected chi connectivity index (χ1v) is 9.06. The van der Waals surface area contributed by atoms with Crippen LogP contribution in [0.3, 0.4) is 0 Å². The van der Waals surface area contributed by atoms with Crippen LogP contribution in [0.2, 0.25) is 0 Å². The van der Waals surface area contributed by atoms with Gasteiger partial charge >= 0.3 is 0 Å². The van der Waals surface area contributed by atoms with Crippen molar-refractivity contribution in [2.45, 2.75) is 38.6 Å². The van der Waals surface area contributed by atoms with Gasteiger partial charge in [-0.25, -0.2) is 8.42 Å². The highest BCUT2D eigenvalue weighted by Gasteiger charge is 2.35. The molecule has 0 bridgehead atoms. The standard InChI is InChI=1S/C13H24N2O3S/c1-2-7-15(9-12-4-3-6-14-12)13(16)11-5-8-19(17,18)10-11/h11-12,14H,2-10H2,1H3. The lowest BCUT2D eigenvalue weighted by Gasteiger charge is -2.27. The van der Waals surface area contributed by atoms with Crippen molar-refractivity contribution >= 4 is 15.7 Å². The Hall–Kier alpha value is -0.620. The van der Waals surface area contributed by atoms with Crippen molar-refractivity contribution in [1.29, 1.82) is 0 Å². The summed E-state index contributed by atoms with van der Waals surface area (Å²) < 4.78 is 23.0. The van der Waals surface area contributed by atoms with Gasteiger partial charge in [0, 0.05) is 19.1 Å². The zero-order valence-corrected chi connectivity index (χ0v) is 12.4. The van der Waals surface area contributed by atoms with E-state index < -0.39 is 9.84 Å². The molecule has 0 saturated carbocycles. The minimum atomic E-state index is -2.98. The lowest BCUT2D eigenvalue weighted by atomic mass is 10.1. The second-order valence-corrected chi connectivity index (χ2v) is 7.91. The van der Waals surface area contributed by atoms with E-state index in [2.05, 4.69) is 5.32 Å². The largest absolute Gasteiger partial charge is 0.341 e. The Bertz CT molecular complexity index is 416. The molecule has 2 fully saturated rings. The fraction of sp³-hybridized carbons (Fsp3) is 0.923. The summed E-state index contributed by atoms with van der Waals surface area (Å²) >= 11 is 0. The SMILES string of the molecule is CCCN(CC1CCCN1)C(=O)C1CCS(=O)(=O)C1. The first-order chi connectivity index (χ1) is 9.02. The minimum Gasteiger partial charge on any atom is -0.341 e. The number of nitrogens with one attached hydrogen (secondary N) is 1. The smallest absolute Gasteiger partial charge is 0.226 e. The number of sulfone groups is 1. The molecule has 0 aromatic rings. The van der Waals surface area contributed by atoms with Crippen molar-refractivity contribution < 1.29 is 13.2 Å². The molecule has 19 heavy (non-hydrogen) atoms. The number of hydrogen-bond acceptors (Lipinski definition) is 4. The van der Waals surface area contributed by atoms with E-state index in [4.69, 9.17) is 0 Å². The van der Waals surface area contributed by atoms with Crippen LogP contribution in [0, 0.1) is 5.92 Å². The fourth-order valence-electron chi connectivity index (χ4n) is 2.99. The molecular formula is C13H24N2O3S. The lowest BCUT2D eigenvalue weighted by molar-refractivity contribution is -0.135. The molecule has 0 aliphatic carbocycles. The Labute approximate surface area is 115 Å². The van der Waals surface area contributed by atoms with Gasteiger partial charge in [-0.15, -0.1) is 0 Å². The topological polar surface area (TPSA) is 66.5 Å². The van der Waals surface area contributed by atoms with Crippen molar-refractivity contribution in [1.82, 2.24) is 10.2 Å². The maximum atomic E-state index is 12.4. The Morgan fingerprint density at radius 2 is 2.16 bits per heavy atom. The molecule has 0 radical (unpaired) electrons. The summed E-state index contributed by atoms with van der Waals surface area (Å²) in [6, 6.07) is 0.383. The highest BCUT2D eigenvalue weighted by Crippen LogP contribution is 2.21. The van der Waals surface area contributed by atoms with Gasteiger partial charge in [0.05, 0.1) is 17.4 Å². The van der Waals surface area contributed by atoms with Crippen LogP contribution in [0.4, 0.5) is 0 Å². The van der Waals surface area contributed by atoms with Crippen LogP contribution in [0.1, 0.15) is 32.6 Å². The van der Waals surface area contributed by atoms with E-state index in [-0.39, 0.29) is 23.3 Å². The van der Waals surface area contributed by atoms with Gasteiger partial charge in [-0.3, -0.25) is 4.79 Å². The molecule has 2 aliphatic heterocycles. The van der Waals surface area contributed by atoms with Gasteiger partial charge < -0.3 is 10.2 Å². The number of carbonyl (C=O) groups is 1. The normalized spacial score (nSPS) is 29.5. The number of carbonyl (C=O) groups excluding carboxylic acids is 1. The van der Waals surface area contributed by atoms with E-state index in [0.717, 1.165) is 38.9 Å². The number of nitrogens with zero attached hydrogens (tertiary/aromatic N) is 1. The molecule has 110 valence electrons. The molecule has 1 N–H and O–H groups in total. The summed E-state index contributed by atoms with van der Waals surface area (Å²) in [6.07, 6.45) is 3.69. The predicted molar refractivity (Wildman–Crippen MR) is 74.7 cm³/mol. The second-order valence-electron chi connectivity index (χ2n) is 5.68. The van der Waals surface area contributed by atoms with Crippen LogP contribution < -0.4 is 5.32 Å². The van der Waals surface area contributed by atoms with E-state index in [9.17, 15) is 13.2 Å². The van der Waals surface area contributed by atoms with Crippen molar-refractivity contribution in [3.8, 4) is 0 Å². The Morgan fingerprint density at radius 1 is 1.37 bits per heavy atom. The van der Waals surface area contributed by atoms with E-state index in [1.807, 2.05) is 11.8 Å². The van der Waals surface area contributed by atoms with Gasteiger partial charge in [0.1, 0.15) is 0 Å². The van der Waals surface area contributed by atoms with Gasteiger partial charge in [-0.2, -0.15) is 0 Å². The summed E-state index contributed by atoms with van der Waals surface area (Å²) in [6.45, 7) is 4.53. The summed E-state index contributed by atoms with van der Waals surface area (Å²) in [5, 5.41) is 3.40. The fourth-order valence-corrected chi connectivity index (χ4v) is 4.72. The maximum Gasteiger partial charge on any atom is 0.226 e. The summed E-state index contributed by atoms with van der Waals surface area (Å²) in [7, 11) is -2.98. The predicted octanol–water partition coefficient (Wildman–Crippen LogP) is 0.412. The number of amides is 1. The zero-order valence-electron chi connectivity index (χ0n) is 11.6. The third-order valence-corrected chi connectivity index (χ3v) is 5.76. The molecule has 2 saturated heterocycles. The average Bonchev–Trinajstić information content (AvgIpc) is 2.97. The quantitative estimate of drug-likeness (QED) is 0.796. The molecule has 6 heteroatoms. The third-order valence-electron chi connectivity index (χ3n) is 3.99. The molecule has 0 aromatic carbocycles. The van der Waals surface area contributed by atoms with Crippen LogP contribution in [0.5, 0.6) is 0 Å². The Kier molecular flexibility index (Phi) is 4.84. The van der Waals surface area contributed by atoms with Crippen LogP contribution in [-0.2, 0) is 14.6 Å². The van der Waals surface area contributed by atoms with Crippen LogP contribution in [-0.4, -0.2) is 56.4 Å². The first kappa shape index (κ1) is 14.8. The Balaban J connectivity index is 1.95. The van der Waals surface area contributed by atoms with Crippen molar-refractivity contribution in [2.24, 2.45) is 5.92 Å². The summed E-state index contributed by atoms with van der Waals surface area (Å²) in [5.74, 6) is -0.0515. The van der Waals surface area contributed by atoms with Gasteiger partial charge in [0.2, 0.25) is 5.91 Å². The molecule has 0 aromatic heterocycles. The summed E-state index contributed by atoms with van der Waals surface area (Å²) in [4.78, 5) is 14.3. The van der Waals surface area contributed by atoms with Gasteiger partial charge in [0.15, 0.2) is 9.84 Å². The molecular weight excluding hydrogens is 264 g/mol. The lowest BCUT2D eigenvalue weighted by Crippen LogP contribution is -2.44. The molecule has 2 heterocycles. The number of hydrogen-bond donors (Lipinski definition) is 1. The highest BCUT2D eigenvalue weighted by molar-refractivity contribution is 7.91. The van der Waals surface area contributed by atoms with Crippen molar-refractivity contribution in [3.05, 3.63) is 0 Å². The molecule has 2 unspecified atom stereocenters. The van der Waals surface area contributed by atoms with Crippen molar-refractivity contribution in [2.75, 3.05) is 31.1 Å². The summed E-state index contributed by atoms with van der Waals surface area (Å²) in [5.41, 5.74) is 0. The van der Waals surface area contributed by atoms with Gasteiger partial charge in [-0.1, -0.05) is 6.92 Å². The first-order valence-electron chi connectivity index (χ1n) is 7.24.